The number of carboxylic acid groups (broad SMARTS) is 1. The third kappa shape index (κ3) is 1.29. The first-order chi connectivity index (χ1) is 6.61. The fourth-order valence-electron chi connectivity index (χ4n) is 1.21. The first-order valence-corrected chi connectivity index (χ1v) is 4.83. The Balaban J connectivity index is 2.91. The fraction of sp³-hybridized carbons (Fsp3) is 0. The van der Waals surface area contributed by atoms with Gasteiger partial charge in [0.2, 0.25) is 5.82 Å². The Hall–Kier alpha value is -1.07. The monoisotopic (exact) mass is 274 g/mol. The number of aromatic nitrogens is 2. The number of hydrogen-bond acceptors (Lipinski definition) is 2. The number of nitrogens with zero attached hydrogens (tertiary/aromatic N) is 2. The smallest absolute Gasteiger partial charge is 0.372 e. The fourth-order valence-corrected chi connectivity index (χ4v) is 2.15. The number of pyridine rings is 1. The van der Waals surface area contributed by atoms with Gasteiger partial charge < -0.3 is 5.11 Å². The van der Waals surface area contributed by atoms with Gasteiger partial charge in [-0.25, -0.2) is 9.78 Å². The molecule has 4 nitrogen and oxygen atoms in total. The number of fused-ring (bicyclic) bond motifs is 1. The van der Waals surface area contributed by atoms with Gasteiger partial charge in [0.15, 0.2) is 0 Å². The molecule has 2 rings (SSSR count). The summed E-state index contributed by atoms with van der Waals surface area (Å²) in [6.07, 6.45) is 1.60. The van der Waals surface area contributed by atoms with Crippen LogP contribution in [0.1, 0.15) is 10.6 Å². The van der Waals surface area contributed by atoms with Gasteiger partial charge in [-0.05, 0) is 28.1 Å². The summed E-state index contributed by atoms with van der Waals surface area (Å²) < 4.78 is 1.86. The molecule has 0 saturated carbocycles. The van der Waals surface area contributed by atoms with Crippen molar-refractivity contribution in [2.24, 2.45) is 0 Å². The number of carboxylic acids is 1. The molecule has 1 N–H and O–H groups in total. The summed E-state index contributed by atoms with van der Waals surface area (Å²) in [5.74, 6) is -1.15. The second-order valence-electron chi connectivity index (χ2n) is 2.61. The first-order valence-electron chi connectivity index (χ1n) is 3.66. The van der Waals surface area contributed by atoms with E-state index in [1.54, 1.807) is 18.3 Å². The summed E-state index contributed by atoms with van der Waals surface area (Å²) >= 11 is 9.05. The molecule has 0 spiro atoms. The van der Waals surface area contributed by atoms with Crippen LogP contribution in [0.3, 0.4) is 0 Å². The van der Waals surface area contributed by atoms with Gasteiger partial charge in [-0.2, -0.15) is 0 Å². The van der Waals surface area contributed by atoms with Gasteiger partial charge in [0.1, 0.15) is 4.60 Å². The normalized spacial score (nSPS) is 10.7. The van der Waals surface area contributed by atoms with Crippen molar-refractivity contribution in [3.8, 4) is 0 Å². The van der Waals surface area contributed by atoms with Crippen molar-refractivity contribution in [1.29, 1.82) is 0 Å². The summed E-state index contributed by atoms with van der Waals surface area (Å²) in [6.45, 7) is 0. The van der Waals surface area contributed by atoms with Gasteiger partial charge in [-0.3, -0.25) is 4.40 Å². The van der Waals surface area contributed by atoms with Gasteiger partial charge in [0, 0.05) is 6.20 Å². The summed E-state index contributed by atoms with van der Waals surface area (Å²) in [7, 11) is 0. The van der Waals surface area contributed by atoms with Gasteiger partial charge in [0.05, 0.1) is 10.5 Å². The van der Waals surface area contributed by atoms with Gasteiger partial charge in [-0.1, -0.05) is 11.6 Å². The van der Waals surface area contributed by atoms with Crippen molar-refractivity contribution in [3.05, 3.63) is 33.8 Å². The highest BCUT2D eigenvalue weighted by Gasteiger charge is 2.16. The van der Waals surface area contributed by atoms with Crippen LogP contribution >= 0.6 is 27.5 Å². The zero-order valence-electron chi connectivity index (χ0n) is 6.74. The Labute approximate surface area is 92.3 Å². The lowest BCUT2D eigenvalue weighted by Crippen LogP contribution is -2.02. The minimum absolute atomic E-state index is 0.0608. The standard InChI is InChI=1S/C8H4BrClN2O2/c9-6-5-4(10)2-1-3-12(5)7(11-6)8(13)14/h1-3H,(H,13,14). The predicted octanol–water partition coefficient (Wildman–Crippen LogP) is 2.45. The van der Waals surface area contributed by atoms with E-state index >= 15 is 0 Å². The van der Waals surface area contributed by atoms with Crippen molar-refractivity contribution in [1.82, 2.24) is 9.38 Å². The highest BCUT2D eigenvalue weighted by molar-refractivity contribution is 9.10. The Morgan fingerprint density at radius 2 is 2.36 bits per heavy atom. The largest absolute Gasteiger partial charge is 0.475 e. The molecule has 0 fully saturated rings. The van der Waals surface area contributed by atoms with Crippen molar-refractivity contribution < 1.29 is 9.90 Å². The maximum atomic E-state index is 10.8. The molecular formula is C8H4BrClN2O2. The van der Waals surface area contributed by atoms with Crippen molar-refractivity contribution >= 4 is 39.0 Å². The molecule has 6 heteroatoms. The van der Waals surface area contributed by atoms with E-state index < -0.39 is 5.97 Å². The molecule has 0 amide bonds. The maximum absolute atomic E-state index is 10.8. The van der Waals surface area contributed by atoms with Gasteiger partial charge in [0.25, 0.3) is 0 Å². The van der Waals surface area contributed by atoms with Crippen LogP contribution in [-0.2, 0) is 0 Å². The van der Waals surface area contributed by atoms with Gasteiger partial charge >= 0.3 is 5.97 Å². The topological polar surface area (TPSA) is 54.6 Å². The molecule has 0 radical (unpaired) electrons. The average Bonchev–Trinajstić information content (AvgIpc) is 2.45. The van der Waals surface area contributed by atoms with E-state index in [0.717, 1.165) is 0 Å². The molecule has 2 heterocycles. The minimum Gasteiger partial charge on any atom is -0.475 e. The highest BCUT2D eigenvalue weighted by atomic mass is 79.9. The Morgan fingerprint density at radius 3 is 3.00 bits per heavy atom. The number of imidazole rings is 1. The van der Waals surface area contributed by atoms with Crippen LogP contribution in [0, 0.1) is 0 Å². The van der Waals surface area contributed by atoms with Crippen LogP contribution in [0.5, 0.6) is 0 Å². The van der Waals surface area contributed by atoms with Crippen LogP contribution in [0.15, 0.2) is 22.9 Å². The summed E-state index contributed by atoms with van der Waals surface area (Å²) in [4.78, 5) is 14.6. The second-order valence-corrected chi connectivity index (χ2v) is 3.76. The van der Waals surface area contributed by atoms with E-state index in [1.165, 1.54) is 4.40 Å². The molecule has 72 valence electrons. The summed E-state index contributed by atoms with van der Waals surface area (Å²) in [5.41, 5.74) is 0.562. The number of rotatable bonds is 1. The van der Waals surface area contributed by atoms with E-state index in [1.807, 2.05) is 0 Å². The molecule has 0 aliphatic rings. The summed E-state index contributed by atoms with van der Waals surface area (Å²) in [5, 5.41) is 9.30. The molecule has 2 aromatic rings. The van der Waals surface area contributed by atoms with Crippen LogP contribution in [0.4, 0.5) is 0 Å². The Morgan fingerprint density at radius 1 is 1.64 bits per heavy atom. The molecular weight excluding hydrogens is 271 g/mol. The van der Waals surface area contributed by atoms with Crippen LogP contribution in [0.25, 0.3) is 5.52 Å². The molecule has 0 aromatic carbocycles. The lowest BCUT2D eigenvalue weighted by Gasteiger charge is -1.97. The zero-order valence-corrected chi connectivity index (χ0v) is 9.08. The average molecular weight is 275 g/mol. The molecule has 0 unspecified atom stereocenters. The van der Waals surface area contributed by atoms with E-state index in [9.17, 15) is 4.79 Å². The second kappa shape index (κ2) is 3.25. The molecule has 14 heavy (non-hydrogen) atoms. The summed E-state index contributed by atoms with van der Waals surface area (Å²) in [6, 6.07) is 3.34. The first kappa shape index (κ1) is 9.48. The molecule has 0 bridgehead atoms. The number of aromatic carboxylic acids is 1. The number of halogens is 2. The SMILES string of the molecule is O=C(O)c1nc(Br)c2c(Cl)cccn12. The minimum atomic E-state index is -1.09. The van der Waals surface area contributed by atoms with E-state index in [-0.39, 0.29) is 5.82 Å². The quantitative estimate of drug-likeness (QED) is 0.870. The Kier molecular flexibility index (Phi) is 2.20. The van der Waals surface area contributed by atoms with Gasteiger partial charge in [-0.15, -0.1) is 0 Å². The molecule has 0 saturated heterocycles. The lowest BCUT2D eigenvalue weighted by atomic mass is 10.4. The van der Waals surface area contributed by atoms with Crippen molar-refractivity contribution in [2.45, 2.75) is 0 Å². The highest BCUT2D eigenvalue weighted by Crippen LogP contribution is 2.25. The van der Waals surface area contributed by atoms with Crippen molar-refractivity contribution in [3.63, 3.8) is 0 Å². The van der Waals surface area contributed by atoms with Crippen molar-refractivity contribution in [2.75, 3.05) is 0 Å². The predicted molar refractivity (Wildman–Crippen MR) is 54.9 cm³/mol. The van der Waals surface area contributed by atoms with Crippen LogP contribution < -0.4 is 0 Å². The van der Waals surface area contributed by atoms with E-state index in [0.29, 0.717) is 15.1 Å². The molecule has 0 atom stereocenters. The van der Waals surface area contributed by atoms with Crippen LogP contribution in [-0.4, -0.2) is 20.5 Å². The number of carbonyl (C=O) groups is 1. The van der Waals surface area contributed by atoms with E-state index in [4.69, 9.17) is 16.7 Å². The lowest BCUT2D eigenvalue weighted by molar-refractivity contribution is 0.0682. The third-order valence-electron chi connectivity index (χ3n) is 1.76. The molecule has 2 aromatic heterocycles. The van der Waals surface area contributed by atoms with Crippen LogP contribution in [0.2, 0.25) is 5.02 Å². The Bertz CT molecular complexity index is 523. The maximum Gasteiger partial charge on any atom is 0.372 e. The number of hydrogen-bond donors (Lipinski definition) is 1. The van der Waals surface area contributed by atoms with E-state index in [2.05, 4.69) is 20.9 Å². The molecule has 0 aliphatic heterocycles. The zero-order chi connectivity index (χ0) is 10.3. The molecule has 0 aliphatic carbocycles. The third-order valence-corrected chi connectivity index (χ3v) is 2.62.